The molecule has 0 bridgehead atoms. The number of nitrogens with one attached hydrogen (secondary N) is 1. The number of benzene rings is 3. The predicted octanol–water partition coefficient (Wildman–Crippen LogP) is 4.81. The molecular weight excluding hydrogens is 324 g/mol. The molecule has 0 amide bonds. The van der Waals surface area contributed by atoms with E-state index in [0.717, 1.165) is 11.4 Å². The van der Waals surface area contributed by atoms with Gasteiger partial charge in [0.15, 0.2) is 5.78 Å². The number of nitrogen functional groups attached to an aromatic ring is 1. The van der Waals surface area contributed by atoms with Crippen LogP contribution in [0.4, 0.5) is 17.1 Å². The summed E-state index contributed by atoms with van der Waals surface area (Å²) >= 11 is 0. The fourth-order valence-corrected chi connectivity index (χ4v) is 2.56. The minimum absolute atomic E-state index is 0.0876. The van der Waals surface area contributed by atoms with Gasteiger partial charge >= 0.3 is 0 Å². The second kappa shape index (κ2) is 8.03. The Morgan fingerprint density at radius 3 is 2.42 bits per heavy atom. The van der Waals surface area contributed by atoms with Crippen LogP contribution in [-0.4, -0.2) is 12.4 Å². The predicted molar refractivity (Wildman–Crippen MR) is 106 cm³/mol. The van der Waals surface area contributed by atoms with E-state index in [2.05, 4.69) is 11.9 Å². The number of ether oxygens (including phenoxy) is 1. The third kappa shape index (κ3) is 3.92. The first-order valence-electron chi connectivity index (χ1n) is 8.28. The van der Waals surface area contributed by atoms with Gasteiger partial charge in [0.2, 0.25) is 0 Å². The summed E-state index contributed by atoms with van der Waals surface area (Å²) in [5.41, 5.74) is 9.41. The monoisotopic (exact) mass is 344 g/mol. The molecule has 0 heterocycles. The molecule has 3 aromatic rings. The highest BCUT2D eigenvalue weighted by Crippen LogP contribution is 2.25. The van der Waals surface area contributed by atoms with Crippen LogP contribution in [0.25, 0.3) is 0 Å². The molecule has 4 heteroatoms. The average molecular weight is 344 g/mol. The quantitative estimate of drug-likeness (QED) is 0.367. The SMILES string of the molecule is C=CCOc1ccccc1C(=O)c1ccc(Nc2ccccc2N)cc1. The van der Waals surface area contributed by atoms with Crippen molar-refractivity contribution in [1.29, 1.82) is 0 Å². The molecule has 130 valence electrons. The van der Waals surface area contributed by atoms with Crippen LogP contribution in [0.1, 0.15) is 15.9 Å². The zero-order chi connectivity index (χ0) is 18.4. The number of carbonyl (C=O) groups is 1. The zero-order valence-electron chi connectivity index (χ0n) is 14.3. The maximum absolute atomic E-state index is 12.8. The topological polar surface area (TPSA) is 64.3 Å². The van der Waals surface area contributed by atoms with Gasteiger partial charge in [-0.1, -0.05) is 36.9 Å². The highest BCUT2D eigenvalue weighted by atomic mass is 16.5. The largest absolute Gasteiger partial charge is 0.489 e. The number of anilines is 3. The molecule has 0 aliphatic rings. The molecule has 3 N–H and O–H groups in total. The summed E-state index contributed by atoms with van der Waals surface area (Å²) in [4.78, 5) is 12.8. The van der Waals surface area contributed by atoms with Gasteiger partial charge in [-0.3, -0.25) is 4.79 Å². The van der Waals surface area contributed by atoms with Crippen molar-refractivity contribution >= 4 is 22.8 Å². The molecule has 0 aliphatic heterocycles. The van der Waals surface area contributed by atoms with Gasteiger partial charge in [-0.2, -0.15) is 0 Å². The summed E-state index contributed by atoms with van der Waals surface area (Å²) in [5.74, 6) is 0.465. The summed E-state index contributed by atoms with van der Waals surface area (Å²) in [6.45, 7) is 3.99. The summed E-state index contributed by atoms with van der Waals surface area (Å²) in [7, 11) is 0. The fourth-order valence-electron chi connectivity index (χ4n) is 2.56. The van der Waals surface area contributed by atoms with E-state index in [9.17, 15) is 4.79 Å². The van der Waals surface area contributed by atoms with E-state index in [0.29, 0.717) is 29.2 Å². The van der Waals surface area contributed by atoms with Crippen molar-refractivity contribution in [1.82, 2.24) is 0 Å². The second-order valence-corrected chi connectivity index (χ2v) is 5.71. The van der Waals surface area contributed by atoms with Crippen LogP contribution in [-0.2, 0) is 0 Å². The van der Waals surface area contributed by atoms with Gasteiger partial charge in [0.25, 0.3) is 0 Å². The lowest BCUT2D eigenvalue weighted by Crippen LogP contribution is -2.05. The number of hydrogen-bond donors (Lipinski definition) is 2. The van der Waals surface area contributed by atoms with Crippen molar-refractivity contribution < 1.29 is 9.53 Å². The first-order valence-corrected chi connectivity index (χ1v) is 8.28. The van der Waals surface area contributed by atoms with Crippen molar-refractivity contribution in [3.05, 3.63) is 96.6 Å². The first-order chi connectivity index (χ1) is 12.7. The molecule has 0 saturated heterocycles. The first kappa shape index (κ1) is 17.3. The second-order valence-electron chi connectivity index (χ2n) is 5.71. The number of hydrogen-bond acceptors (Lipinski definition) is 4. The van der Waals surface area contributed by atoms with Crippen LogP contribution >= 0.6 is 0 Å². The number of rotatable bonds is 7. The van der Waals surface area contributed by atoms with Crippen LogP contribution < -0.4 is 15.8 Å². The van der Waals surface area contributed by atoms with Crippen LogP contribution in [0.5, 0.6) is 5.75 Å². The lowest BCUT2D eigenvalue weighted by Gasteiger charge is -2.11. The lowest BCUT2D eigenvalue weighted by atomic mass is 10.0. The number of nitrogens with two attached hydrogens (primary N) is 1. The molecule has 3 aromatic carbocycles. The Morgan fingerprint density at radius 1 is 1.00 bits per heavy atom. The van der Waals surface area contributed by atoms with Crippen molar-refractivity contribution in [3.63, 3.8) is 0 Å². The molecule has 4 nitrogen and oxygen atoms in total. The van der Waals surface area contributed by atoms with E-state index >= 15 is 0 Å². The van der Waals surface area contributed by atoms with Crippen molar-refractivity contribution in [3.8, 4) is 5.75 Å². The Kier molecular flexibility index (Phi) is 5.34. The Labute approximate surface area is 152 Å². The smallest absolute Gasteiger partial charge is 0.196 e. The van der Waals surface area contributed by atoms with E-state index in [1.54, 1.807) is 30.3 Å². The van der Waals surface area contributed by atoms with E-state index in [-0.39, 0.29) is 5.78 Å². The molecule has 0 aromatic heterocycles. The van der Waals surface area contributed by atoms with E-state index in [1.807, 2.05) is 48.5 Å². The average Bonchev–Trinajstić information content (AvgIpc) is 2.68. The third-order valence-corrected chi connectivity index (χ3v) is 3.88. The Bertz CT molecular complexity index is 917. The third-order valence-electron chi connectivity index (χ3n) is 3.88. The van der Waals surface area contributed by atoms with E-state index in [4.69, 9.17) is 10.5 Å². The molecule has 0 aliphatic carbocycles. The molecule has 0 radical (unpaired) electrons. The Hall–Kier alpha value is -3.53. The number of para-hydroxylation sites is 3. The van der Waals surface area contributed by atoms with Crippen LogP contribution in [0.2, 0.25) is 0 Å². The van der Waals surface area contributed by atoms with Gasteiger partial charge in [-0.05, 0) is 48.5 Å². The number of carbonyl (C=O) groups excluding carboxylic acids is 1. The highest BCUT2D eigenvalue weighted by Gasteiger charge is 2.14. The molecule has 3 rings (SSSR count). The minimum Gasteiger partial charge on any atom is -0.489 e. The number of ketones is 1. The van der Waals surface area contributed by atoms with Crippen molar-refractivity contribution in [2.24, 2.45) is 0 Å². The van der Waals surface area contributed by atoms with Gasteiger partial charge in [0.1, 0.15) is 12.4 Å². The Balaban J connectivity index is 1.79. The van der Waals surface area contributed by atoms with Crippen LogP contribution in [0, 0.1) is 0 Å². The molecular formula is C22H20N2O2. The maximum Gasteiger partial charge on any atom is 0.196 e. The molecule has 0 fully saturated rings. The van der Waals surface area contributed by atoms with Gasteiger partial charge < -0.3 is 15.8 Å². The molecule has 0 atom stereocenters. The maximum atomic E-state index is 12.8. The van der Waals surface area contributed by atoms with Gasteiger partial charge in [0, 0.05) is 11.3 Å². The van der Waals surface area contributed by atoms with Gasteiger partial charge in [0.05, 0.1) is 16.9 Å². The molecule has 0 saturated carbocycles. The standard InChI is InChI=1S/C22H20N2O2/c1-2-15-26-21-10-6-3-7-18(21)22(25)16-11-13-17(14-12-16)24-20-9-5-4-8-19(20)23/h2-14,24H,1,15,23H2. The van der Waals surface area contributed by atoms with Gasteiger partial charge in [-0.25, -0.2) is 0 Å². The minimum atomic E-state index is -0.0876. The molecule has 26 heavy (non-hydrogen) atoms. The van der Waals surface area contributed by atoms with E-state index in [1.165, 1.54) is 0 Å². The lowest BCUT2D eigenvalue weighted by molar-refractivity contribution is 0.103. The van der Waals surface area contributed by atoms with Crippen molar-refractivity contribution in [2.75, 3.05) is 17.7 Å². The van der Waals surface area contributed by atoms with Crippen molar-refractivity contribution in [2.45, 2.75) is 0 Å². The molecule has 0 unspecified atom stereocenters. The zero-order valence-corrected chi connectivity index (χ0v) is 14.3. The summed E-state index contributed by atoms with van der Waals surface area (Å²) in [6.07, 6.45) is 1.65. The van der Waals surface area contributed by atoms with Crippen LogP contribution in [0.15, 0.2) is 85.5 Å². The molecule has 0 spiro atoms. The summed E-state index contributed by atoms with van der Waals surface area (Å²) in [5, 5.41) is 3.25. The van der Waals surface area contributed by atoms with Crippen LogP contribution in [0.3, 0.4) is 0 Å². The normalized spacial score (nSPS) is 10.2. The summed E-state index contributed by atoms with van der Waals surface area (Å²) in [6, 6.07) is 22.0. The van der Waals surface area contributed by atoms with E-state index < -0.39 is 0 Å². The van der Waals surface area contributed by atoms with Gasteiger partial charge in [-0.15, -0.1) is 0 Å². The fraction of sp³-hybridized carbons (Fsp3) is 0.0455. The summed E-state index contributed by atoms with van der Waals surface area (Å²) < 4.78 is 5.58. The highest BCUT2D eigenvalue weighted by molar-refractivity contribution is 6.10. The Morgan fingerprint density at radius 2 is 1.69 bits per heavy atom.